The number of anilines is 8. The molecule has 4 atom stereocenters. The Morgan fingerprint density at radius 3 is 1.05 bits per heavy atom. The van der Waals surface area contributed by atoms with Crippen LogP contribution in [0, 0.1) is 41.5 Å². The molecule has 33 nitrogen and oxygen atoms in total. The van der Waals surface area contributed by atoms with Gasteiger partial charge in [0, 0.05) is 213 Å². The number of carbonyl (C=O) groups is 4. The fourth-order valence-electron chi connectivity index (χ4n) is 18.2. The molecule has 16 heterocycles. The van der Waals surface area contributed by atoms with Gasteiger partial charge in [-0.25, -0.2) is 26.3 Å². The lowest BCUT2D eigenvalue weighted by molar-refractivity contribution is -0.140. The predicted octanol–water partition coefficient (Wildman–Crippen LogP) is 14.3. The van der Waals surface area contributed by atoms with Crippen molar-refractivity contribution in [3.8, 4) is 50.6 Å². The van der Waals surface area contributed by atoms with Crippen LogP contribution in [0.2, 0.25) is 0 Å². The highest BCUT2D eigenvalue weighted by molar-refractivity contribution is 5.80. The average Bonchev–Trinajstić information content (AvgIpc) is 1.64. The summed E-state index contributed by atoms with van der Waals surface area (Å²) in [6.07, 6.45) is 4.73. The number of hydrogen-bond donors (Lipinski definition) is 5. The first-order valence-electron chi connectivity index (χ1n) is 43.8. The number of nitrogens with zero attached hydrogens (tertiary/aromatic N) is 20. The summed E-state index contributed by atoms with van der Waals surface area (Å²) in [4.78, 5) is 54.9. The van der Waals surface area contributed by atoms with Crippen molar-refractivity contribution in [3.63, 3.8) is 0 Å². The molecule has 0 spiro atoms. The van der Waals surface area contributed by atoms with E-state index in [0.717, 1.165) is 106 Å². The minimum atomic E-state index is -4.64. The molecule has 133 heavy (non-hydrogen) atoms. The van der Waals surface area contributed by atoms with E-state index in [9.17, 15) is 46.4 Å². The molecule has 20 rings (SSSR count). The second kappa shape index (κ2) is 38.3. The first-order valence-corrected chi connectivity index (χ1v) is 43.8. The number of hydrogen-bond acceptors (Lipinski definition) is 21. The third-order valence-electron chi connectivity index (χ3n) is 25.2. The highest BCUT2D eigenvalue weighted by atomic mass is 19.4. The molecule has 0 bridgehead atoms. The van der Waals surface area contributed by atoms with Gasteiger partial charge in [-0.1, -0.05) is 24.3 Å². The van der Waals surface area contributed by atoms with Gasteiger partial charge >= 0.3 is 6.18 Å². The van der Waals surface area contributed by atoms with Crippen molar-refractivity contribution in [2.24, 2.45) is 21.1 Å². The van der Waals surface area contributed by atoms with Crippen LogP contribution in [-0.4, -0.2) is 201 Å². The normalized spacial score (nSPS) is 18.0. The van der Waals surface area contributed by atoms with Gasteiger partial charge < -0.3 is 59.8 Å². The van der Waals surface area contributed by atoms with Crippen LogP contribution in [0.5, 0.6) is 0 Å². The molecule has 0 saturated carbocycles. The molecule has 0 aliphatic carbocycles. The number of aryl methyl sites for hydroxylation is 4. The van der Waals surface area contributed by atoms with Crippen molar-refractivity contribution in [2.75, 3.05) is 100 Å². The Labute approximate surface area is 757 Å². The Balaban J connectivity index is 0.000000124. The van der Waals surface area contributed by atoms with Crippen LogP contribution in [0.1, 0.15) is 152 Å². The quantitative estimate of drug-likeness (QED) is 0.0529. The van der Waals surface area contributed by atoms with Crippen LogP contribution < -0.4 is 21.3 Å². The van der Waals surface area contributed by atoms with Crippen molar-refractivity contribution in [1.29, 1.82) is 5.26 Å². The summed E-state index contributed by atoms with van der Waals surface area (Å²) >= 11 is 0. The van der Waals surface area contributed by atoms with E-state index in [-0.39, 0.29) is 93.1 Å². The number of rotatable bonds is 17. The highest BCUT2D eigenvalue weighted by Gasteiger charge is 2.39. The Morgan fingerprint density at radius 2 is 0.752 bits per heavy atom. The molecule has 42 heteroatoms. The Morgan fingerprint density at radius 1 is 0.444 bits per heavy atom. The molecule has 0 radical (unpaired) electrons. The maximum atomic E-state index is 15.1. The van der Waals surface area contributed by atoms with Crippen LogP contribution in [0.15, 0.2) is 97.6 Å². The molecule has 4 aromatic carbocycles. The van der Waals surface area contributed by atoms with Gasteiger partial charge in [-0.15, -0.1) is 0 Å². The summed E-state index contributed by atoms with van der Waals surface area (Å²) < 4.78 is 161. The smallest absolute Gasteiger partial charge is 0.379 e. The fraction of sp³-hybridized carbons (Fsp3) is 0.418. The zero-order valence-corrected chi connectivity index (χ0v) is 74.2. The Hall–Kier alpha value is -13.7. The number of aromatic amines is 1. The molecule has 698 valence electrons. The first-order chi connectivity index (χ1) is 63.9. The van der Waals surface area contributed by atoms with Gasteiger partial charge in [0.2, 0.25) is 23.6 Å². The zero-order chi connectivity index (χ0) is 93.5. The van der Waals surface area contributed by atoms with Crippen molar-refractivity contribution in [3.05, 3.63) is 189 Å². The number of nitrogens with one attached hydrogen (secondary N) is 5. The molecule has 2 unspecified atom stereocenters. The first kappa shape index (κ1) is 91.2. The minimum absolute atomic E-state index is 0.00357. The van der Waals surface area contributed by atoms with E-state index in [4.69, 9.17) is 34.2 Å². The standard InChI is InChI=1S/C23H25F3N6O2.C23H24FN7O2.C23H27FN6O2.C22H22F4N6O2/c1-13(33)31-7-5-20-17(11-31)23(29-32(20)15-6-8-34-12-15)27-19-4-3-14(9-18(19)24)16-10-30(2)28-21(16)22(25)26;1-14(32)30-7-5-22-18(12-30)23(28-31(22)16-6-8-33-13-16)26-20-4-3-15(9-19(20)24)17-11-29(2)27-21(17)10-25;1-14-18(11-28(3)26-14)16-4-5-21(20(24)10-16)25-23-19-12-29(15(2)31)8-6-22(19)30(27-23)17-7-9-32-13-17;1-12(33)31-6-4-19-16(10-31)21(30-32(19)14-5-7-34-11-14)28-18-3-2-13(8-17(18)23)15-9-27-29-20(15)22(24,25)26/h3-4,9-10,15,22H,5-8,11-12H2,1-2H3,(H,27,29);3-4,9,11,16H,5-8,12-13H2,1-2H3,(H,26,28);4-5,10-11,17H,6-9,12-13H2,1-3H3,(H,25,27);2-3,8-9,14H,4-7,10-11H2,1H3,(H,27,29)(H,28,30)/t15-;;;14-/m1..1/s1. The summed E-state index contributed by atoms with van der Waals surface area (Å²) in [5.74, 6) is -0.190. The van der Waals surface area contributed by atoms with Crippen LogP contribution in [-0.2, 0) is 117 Å². The molecule has 8 aromatic heterocycles. The molecule has 8 aliphatic heterocycles. The number of amides is 4. The van der Waals surface area contributed by atoms with Crippen molar-refractivity contribution in [1.82, 2.24) is 98.3 Å². The molecule has 12 aromatic rings. The van der Waals surface area contributed by atoms with Crippen molar-refractivity contribution in [2.45, 2.75) is 149 Å². The monoisotopic (exact) mass is 1840 g/mol. The molecule has 4 fully saturated rings. The van der Waals surface area contributed by atoms with Gasteiger partial charge in [0.25, 0.3) is 6.43 Å². The van der Waals surface area contributed by atoms with Gasteiger partial charge in [0.05, 0.1) is 111 Å². The Bertz CT molecular complexity index is 6430. The summed E-state index contributed by atoms with van der Waals surface area (Å²) in [7, 11) is 5.11. The van der Waals surface area contributed by atoms with Gasteiger partial charge in [-0.05, 0) is 103 Å². The van der Waals surface area contributed by atoms with E-state index in [1.54, 1.807) is 82.7 Å². The number of benzene rings is 4. The number of halogens is 9. The van der Waals surface area contributed by atoms with Gasteiger partial charge in [0.1, 0.15) is 40.7 Å². The van der Waals surface area contributed by atoms with Crippen molar-refractivity contribution >= 4 is 69.6 Å². The van der Waals surface area contributed by atoms with E-state index in [1.165, 1.54) is 65.8 Å². The molecule has 8 aliphatic rings. The molecule has 4 amide bonds. The average molecular weight is 1840 g/mol. The largest absolute Gasteiger partial charge is 0.433 e. The van der Waals surface area contributed by atoms with E-state index in [2.05, 4.69) is 46.8 Å². The predicted molar refractivity (Wildman–Crippen MR) is 468 cm³/mol. The van der Waals surface area contributed by atoms with Crippen LogP contribution in [0.3, 0.4) is 0 Å². The van der Waals surface area contributed by atoms with E-state index in [1.807, 2.05) is 56.1 Å². The second-order valence-electron chi connectivity index (χ2n) is 34.0. The SMILES string of the molecule is CC(=O)N1CCc2c(c(Nc3ccc(-c4cn(C)nc4C#N)cc3F)nn2C2CCOC2)C1.CC(=O)N1CCc2c(c(Nc3ccc(-c4cn(C)nc4C(F)F)cc3F)nn2[C@@H]2CCOC2)C1.CC(=O)N1CCc2c(c(Nc3ccc(-c4cn(C)nc4C)cc3F)nn2C2CCOC2)C1.CC(=O)N1CCc2c(c(Nc3ccc(-c4cn[nH]c4C(F)(F)F)cc3F)nn2[C@@H]2CCOC2)C1. The maximum absolute atomic E-state index is 15.1. The number of carbonyl (C=O) groups excluding carboxylic acids is 4. The number of fused-ring (bicyclic) bond motifs is 4. The number of nitriles is 1. The lowest BCUT2D eigenvalue weighted by atomic mass is 10.0. The number of alkyl halides is 5. The number of H-pyrrole nitrogens is 1. The zero-order valence-electron chi connectivity index (χ0n) is 74.2. The van der Waals surface area contributed by atoms with E-state index in [0.29, 0.717) is 170 Å². The number of ether oxygens (including phenoxy) is 4. The summed E-state index contributed by atoms with van der Waals surface area (Å²) in [5, 5.41) is 58.3. The number of aromatic nitrogens is 16. The van der Waals surface area contributed by atoms with Crippen LogP contribution in [0.25, 0.3) is 44.5 Å². The van der Waals surface area contributed by atoms with E-state index < -0.39 is 41.4 Å². The molecular weight excluding hydrogens is 1740 g/mol. The topological polar surface area (TPSA) is 343 Å². The molecule has 5 N–H and O–H groups in total. The van der Waals surface area contributed by atoms with Crippen LogP contribution in [0.4, 0.5) is 85.5 Å². The summed E-state index contributed by atoms with van der Waals surface area (Å²) in [6, 6.07) is 20.5. The Kier molecular flexibility index (Phi) is 26.3. The summed E-state index contributed by atoms with van der Waals surface area (Å²) in [5.41, 5.74) is 11.3. The van der Waals surface area contributed by atoms with Gasteiger partial charge in [-0.2, -0.15) is 59.2 Å². The molecular formula is C91H98F9N25O8. The lowest BCUT2D eigenvalue weighted by Gasteiger charge is -2.27. The minimum Gasteiger partial charge on any atom is -0.379 e. The molecule has 4 saturated heterocycles. The highest BCUT2D eigenvalue weighted by Crippen LogP contribution is 2.43. The fourth-order valence-corrected chi connectivity index (χ4v) is 18.2. The second-order valence-corrected chi connectivity index (χ2v) is 34.0. The van der Waals surface area contributed by atoms with Gasteiger partial charge in [0.15, 0.2) is 29.0 Å². The summed E-state index contributed by atoms with van der Waals surface area (Å²) in [6.45, 7) is 17.1. The third-order valence-corrected chi connectivity index (χ3v) is 25.2. The lowest BCUT2D eigenvalue weighted by Crippen LogP contribution is -2.35. The van der Waals surface area contributed by atoms with E-state index >= 15 is 17.6 Å². The van der Waals surface area contributed by atoms with Gasteiger partial charge in [-0.3, -0.25) is 57.0 Å². The van der Waals surface area contributed by atoms with Crippen molar-refractivity contribution < 1.29 is 77.6 Å². The third kappa shape index (κ3) is 19.3. The maximum Gasteiger partial charge on any atom is 0.433 e. The van der Waals surface area contributed by atoms with Crippen LogP contribution >= 0.6 is 0 Å².